The lowest BCUT2D eigenvalue weighted by Gasteiger charge is -1.95. The molecule has 0 atom stereocenters. The van der Waals surface area contributed by atoms with Crippen LogP contribution in [0.2, 0.25) is 0 Å². The molecule has 2 rings (SSSR count). The Balaban J connectivity index is 2.34. The van der Waals surface area contributed by atoms with Crippen LogP contribution in [0.15, 0.2) is 46.9 Å². The topological polar surface area (TPSA) is 54.0 Å². The molecule has 0 saturated carbocycles. The number of rotatable bonds is 2. The van der Waals surface area contributed by atoms with Crippen molar-refractivity contribution < 1.29 is 9.21 Å². The van der Waals surface area contributed by atoms with Gasteiger partial charge in [-0.2, -0.15) is 5.26 Å². The van der Waals surface area contributed by atoms with Gasteiger partial charge in [-0.3, -0.25) is 4.79 Å². The zero-order valence-corrected chi connectivity index (χ0v) is 7.81. The fourth-order valence-electron chi connectivity index (χ4n) is 1.25. The van der Waals surface area contributed by atoms with E-state index in [-0.39, 0.29) is 17.3 Å². The van der Waals surface area contributed by atoms with E-state index in [2.05, 4.69) is 0 Å². The van der Waals surface area contributed by atoms with Crippen LogP contribution >= 0.6 is 0 Å². The predicted molar refractivity (Wildman–Crippen MR) is 53.3 cm³/mol. The smallest absolute Gasteiger partial charge is 0.228 e. The molecule has 0 fully saturated rings. The van der Waals surface area contributed by atoms with Crippen LogP contribution in [0.4, 0.5) is 0 Å². The normalized spacial score (nSPS) is 9.53. The molecule has 1 aromatic carbocycles. The van der Waals surface area contributed by atoms with Gasteiger partial charge in [-0.05, 0) is 12.1 Å². The number of hydrogen-bond acceptors (Lipinski definition) is 3. The summed E-state index contributed by atoms with van der Waals surface area (Å²) >= 11 is 0. The molecule has 1 aromatic heterocycles. The van der Waals surface area contributed by atoms with Gasteiger partial charge in [0.05, 0.1) is 0 Å². The zero-order valence-electron chi connectivity index (χ0n) is 7.81. The number of nitrogens with zero attached hydrogens (tertiary/aromatic N) is 1. The number of hydrogen-bond donors (Lipinski definition) is 0. The van der Waals surface area contributed by atoms with Gasteiger partial charge in [-0.15, -0.1) is 0 Å². The number of ketones is 1. The first-order valence-corrected chi connectivity index (χ1v) is 4.41. The highest BCUT2D eigenvalue weighted by Gasteiger charge is 2.12. The second kappa shape index (κ2) is 3.81. The van der Waals surface area contributed by atoms with Crippen molar-refractivity contribution in [2.75, 3.05) is 0 Å². The summed E-state index contributed by atoms with van der Waals surface area (Å²) in [4.78, 5) is 11.8. The van der Waals surface area contributed by atoms with Crippen LogP contribution in [0.1, 0.15) is 21.9 Å². The molecule has 0 spiro atoms. The molecule has 72 valence electrons. The van der Waals surface area contributed by atoms with Gasteiger partial charge in [-0.25, -0.2) is 0 Å². The van der Waals surface area contributed by atoms with Crippen LogP contribution in [-0.2, 0) is 0 Å². The number of carbonyl (C=O) groups is 1. The fourth-order valence-corrected chi connectivity index (χ4v) is 1.25. The third kappa shape index (κ3) is 1.79. The molecule has 2 aromatic rings. The SMILES string of the molecule is N#Cc1ccc(C(=O)c2ccccc2)o1. The Labute approximate surface area is 86.6 Å². The van der Waals surface area contributed by atoms with Crippen molar-refractivity contribution in [1.29, 1.82) is 5.26 Å². The van der Waals surface area contributed by atoms with E-state index in [0.717, 1.165) is 0 Å². The molecule has 0 amide bonds. The van der Waals surface area contributed by atoms with Crippen LogP contribution in [0.3, 0.4) is 0 Å². The maximum absolute atomic E-state index is 11.8. The largest absolute Gasteiger partial charge is 0.442 e. The van der Waals surface area contributed by atoms with Crippen molar-refractivity contribution >= 4 is 5.78 Å². The van der Waals surface area contributed by atoms with Crippen LogP contribution in [0, 0.1) is 11.3 Å². The van der Waals surface area contributed by atoms with Crippen molar-refractivity contribution in [2.45, 2.75) is 0 Å². The summed E-state index contributed by atoms with van der Waals surface area (Å²) < 4.78 is 5.04. The summed E-state index contributed by atoms with van der Waals surface area (Å²) in [6.07, 6.45) is 0. The Hall–Kier alpha value is -2.34. The van der Waals surface area contributed by atoms with E-state index in [9.17, 15) is 4.79 Å². The van der Waals surface area contributed by atoms with Gasteiger partial charge in [0, 0.05) is 5.56 Å². The molecule has 0 aliphatic rings. The molecule has 3 nitrogen and oxygen atoms in total. The van der Waals surface area contributed by atoms with Gasteiger partial charge in [-0.1, -0.05) is 30.3 Å². The fraction of sp³-hybridized carbons (Fsp3) is 0. The van der Waals surface area contributed by atoms with Gasteiger partial charge < -0.3 is 4.42 Å². The van der Waals surface area contributed by atoms with Crippen LogP contribution in [0.5, 0.6) is 0 Å². The molecule has 0 unspecified atom stereocenters. The summed E-state index contributed by atoms with van der Waals surface area (Å²) in [5.74, 6) is 0.129. The number of benzene rings is 1. The van der Waals surface area contributed by atoms with Crippen molar-refractivity contribution in [3.05, 3.63) is 59.5 Å². The van der Waals surface area contributed by atoms with Crippen LogP contribution in [-0.4, -0.2) is 5.78 Å². The van der Waals surface area contributed by atoms with Crippen molar-refractivity contribution in [3.8, 4) is 6.07 Å². The van der Waals surface area contributed by atoms with Crippen LogP contribution < -0.4 is 0 Å². The highest BCUT2D eigenvalue weighted by Crippen LogP contribution is 2.12. The molecular weight excluding hydrogens is 190 g/mol. The quantitative estimate of drug-likeness (QED) is 0.694. The minimum absolute atomic E-state index is 0.147. The number of nitriles is 1. The lowest BCUT2D eigenvalue weighted by molar-refractivity contribution is 0.101. The van der Waals surface area contributed by atoms with Crippen molar-refractivity contribution in [3.63, 3.8) is 0 Å². The molecule has 3 heteroatoms. The standard InChI is InChI=1S/C12H7NO2/c13-8-10-6-7-11(15-10)12(14)9-4-2-1-3-5-9/h1-7H. The third-order valence-electron chi connectivity index (χ3n) is 1.98. The predicted octanol–water partition coefficient (Wildman–Crippen LogP) is 2.38. The molecule has 0 radical (unpaired) electrons. The number of furan rings is 1. The zero-order chi connectivity index (χ0) is 10.7. The van der Waals surface area contributed by atoms with E-state index < -0.39 is 0 Å². The lowest BCUT2D eigenvalue weighted by atomic mass is 10.1. The highest BCUT2D eigenvalue weighted by atomic mass is 16.3. The maximum atomic E-state index is 11.8. The van der Waals surface area contributed by atoms with Gasteiger partial charge in [0.15, 0.2) is 5.76 Å². The molecule has 15 heavy (non-hydrogen) atoms. The summed E-state index contributed by atoms with van der Waals surface area (Å²) in [5.41, 5.74) is 0.552. The highest BCUT2D eigenvalue weighted by molar-refractivity contribution is 6.07. The Morgan fingerprint density at radius 1 is 1.13 bits per heavy atom. The molecule has 0 aliphatic heterocycles. The monoisotopic (exact) mass is 197 g/mol. The van der Waals surface area contributed by atoms with Gasteiger partial charge in [0.1, 0.15) is 6.07 Å². The summed E-state index contributed by atoms with van der Waals surface area (Å²) in [6, 6.07) is 13.6. The average Bonchev–Trinajstić information content (AvgIpc) is 2.78. The minimum Gasteiger partial charge on any atom is -0.442 e. The van der Waals surface area contributed by atoms with Gasteiger partial charge >= 0.3 is 0 Å². The second-order valence-electron chi connectivity index (χ2n) is 2.97. The van der Waals surface area contributed by atoms with Crippen LogP contribution in [0.25, 0.3) is 0 Å². The van der Waals surface area contributed by atoms with E-state index in [1.807, 2.05) is 12.1 Å². The van der Waals surface area contributed by atoms with Gasteiger partial charge in [0.2, 0.25) is 11.5 Å². The van der Waals surface area contributed by atoms with Crippen molar-refractivity contribution in [2.24, 2.45) is 0 Å². The summed E-state index contributed by atoms with van der Waals surface area (Å²) in [6.45, 7) is 0. The number of carbonyl (C=O) groups excluding carboxylic acids is 1. The maximum Gasteiger partial charge on any atom is 0.228 e. The van der Waals surface area contributed by atoms with E-state index in [4.69, 9.17) is 9.68 Å². The first-order chi connectivity index (χ1) is 7.31. The summed E-state index contributed by atoms with van der Waals surface area (Å²) in [5, 5.41) is 8.55. The molecular formula is C12H7NO2. The molecule has 0 N–H and O–H groups in total. The Bertz CT molecular complexity index is 520. The third-order valence-corrected chi connectivity index (χ3v) is 1.98. The molecule has 0 aliphatic carbocycles. The summed E-state index contributed by atoms with van der Waals surface area (Å²) in [7, 11) is 0. The van der Waals surface area contributed by atoms with E-state index in [1.165, 1.54) is 12.1 Å². The molecule has 0 saturated heterocycles. The Morgan fingerprint density at radius 3 is 2.47 bits per heavy atom. The average molecular weight is 197 g/mol. The Morgan fingerprint density at radius 2 is 1.87 bits per heavy atom. The first kappa shape index (κ1) is 9.22. The van der Waals surface area contributed by atoms with Gasteiger partial charge in [0.25, 0.3) is 0 Å². The lowest BCUT2D eigenvalue weighted by Crippen LogP contribution is -1.98. The first-order valence-electron chi connectivity index (χ1n) is 4.41. The van der Waals surface area contributed by atoms with E-state index >= 15 is 0 Å². The molecule has 0 bridgehead atoms. The minimum atomic E-state index is -0.211. The second-order valence-corrected chi connectivity index (χ2v) is 2.97. The molecule has 1 heterocycles. The van der Waals surface area contributed by atoms with E-state index in [1.54, 1.807) is 24.3 Å². The van der Waals surface area contributed by atoms with E-state index in [0.29, 0.717) is 5.56 Å². The van der Waals surface area contributed by atoms with Crippen molar-refractivity contribution in [1.82, 2.24) is 0 Å². The Kier molecular flexibility index (Phi) is 2.34.